The molecule has 0 amide bonds. The third kappa shape index (κ3) is 4.85. The Kier molecular flexibility index (Phi) is 6.39. The Hall–Kier alpha value is -1.39. The molecule has 1 rings (SSSR count). The van der Waals surface area contributed by atoms with Crippen LogP contribution in [-0.2, 0) is 4.74 Å². The number of rotatable bonds is 8. The highest BCUT2D eigenvalue weighted by Gasteiger charge is 2.10. The third-order valence-electron chi connectivity index (χ3n) is 2.62. The summed E-state index contributed by atoms with van der Waals surface area (Å²) in [4.78, 5) is 0. The minimum atomic E-state index is -0.348. The van der Waals surface area contributed by atoms with Crippen molar-refractivity contribution < 1.29 is 14.2 Å². The molecule has 0 bridgehead atoms. The lowest BCUT2D eigenvalue weighted by Gasteiger charge is -2.15. The molecule has 100 valence electrons. The largest absolute Gasteiger partial charge is 0.508 e. The molecule has 0 aliphatic carbocycles. The molecule has 0 radical (unpaired) electrons. The average Bonchev–Trinajstić information content (AvgIpc) is 2.36. The van der Waals surface area contributed by atoms with Gasteiger partial charge in [-0.15, -0.1) is 6.58 Å². The molecule has 4 heteroatoms. The van der Waals surface area contributed by atoms with Crippen molar-refractivity contribution in [1.29, 1.82) is 0 Å². The lowest BCUT2D eigenvalue weighted by Crippen LogP contribution is -2.23. The fraction of sp³-hybridized carbons (Fsp3) is 0.429. The van der Waals surface area contributed by atoms with Gasteiger partial charge >= 0.3 is 0 Å². The first-order valence-corrected chi connectivity index (χ1v) is 6.05. The van der Waals surface area contributed by atoms with E-state index in [1.807, 2.05) is 6.92 Å². The van der Waals surface area contributed by atoms with Crippen LogP contribution in [0.15, 0.2) is 30.9 Å². The summed E-state index contributed by atoms with van der Waals surface area (Å²) >= 11 is 0. The van der Waals surface area contributed by atoms with Crippen LogP contribution in [0, 0.1) is 5.82 Å². The Morgan fingerprint density at radius 2 is 2.28 bits per heavy atom. The first-order valence-electron chi connectivity index (χ1n) is 6.05. The second kappa shape index (κ2) is 7.84. The molecule has 0 aromatic heterocycles. The van der Waals surface area contributed by atoms with Crippen molar-refractivity contribution in [3.63, 3.8) is 0 Å². The van der Waals surface area contributed by atoms with Gasteiger partial charge in [0.15, 0.2) is 0 Å². The topological polar surface area (TPSA) is 41.5 Å². The highest BCUT2D eigenvalue weighted by molar-refractivity contribution is 5.34. The van der Waals surface area contributed by atoms with Crippen LogP contribution in [0.2, 0.25) is 0 Å². The van der Waals surface area contributed by atoms with Gasteiger partial charge in [-0.1, -0.05) is 6.08 Å². The Bertz CT molecular complexity index is 382. The zero-order chi connectivity index (χ0) is 13.4. The summed E-state index contributed by atoms with van der Waals surface area (Å²) < 4.78 is 18.4. The van der Waals surface area contributed by atoms with Crippen LogP contribution in [-0.4, -0.2) is 24.9 Å². The van der Waals surface area contributed by atoms with E-state index in [0.29, 0.717) is 25.3 Å². The van der Waals surface area contributed by atoms with E-state index in [-0.39, 0.29) is 17.6 Å². The number of hydrogen-bond acceptors (Lipinski definition) is 3. The molecule has 1 unspecified atom stereocenters. The van der Waals surface area contributed by atoms with Crippen LogP contribution >= 0.6 is 0 Å². The predicted octanol–water partition coefficient (Wildman–Crippen LogP) is 2.77. The predicted molar refractivity (Wildman–Crippen MR) is 70.1 cm³/mol. The number of benzene rings is 1. The van der Waals surface area contributed by atoms with E-state index in [1.54, 1.807) is 6.08 Å². The Balaban J connectivity index is 2.33. The SMILES string of the molecule is C=CCCOCCNC(C)c1cc(F)ccc1O. The van der Waals surface area contributed by atoms with Gasteiger partial charge in [0.2, 0.25) is 0 Å². The molecular formula is C14H20FNO2. The smallest absolute Gasteiger partial charge is 0.123 e. The van der Waals surface area contributed by atoms with E-state index in [4.69, 9.17) is 4.74 Å². The minimum absolute atomic E-state index is 0.101. The summed E-state index contributed by atoms with van der Waals surface area (Å²) in [5, 5.41) is 12.8. The molecule has 0 saturated carbocycles. The second-order valence-electron chi connectivity index (χ2n) is 4.07. The Labute approximate surface area is 107 Å². The number of halogens is 1. The Morgan fingerprint density at radius 3 is 3.00 bits per heavy atom. The normalized spacial score (nSPS) is 12.3. The maximum atomic E-state index is 13.1. The molecule has 0 aliphatic rings. The van der Waals surface area contributed by atoms with Gasteiger partial charge in [0.1, 0.15) is 11.6 Å². The van der Waals surface area contributed by atoms with Gasteiger partial charge in [0.25, 0.3) is 0 Å². The van der Waals surface area contributed by atoms with Crippen molar-refractivity contribution in [3.8, 4) is 5.75 Å². The summed E-state index contributed by atoms with van der Waals surface area (Å²) in [7, 11) is 0. The molecule has 18 heavy (non-hydrogen) atoms. The van der Waals surface area contributed by atoms with Crippen molar-refractivity contribution >= 4 is 0 Å². The summed E-state index contributed by atoms with van der Waals surface area (Å²) in [6.45, 7) is 7.36. The van der Waals surface area contributed by atoms with E-state index in [2.05, 4.69) is 11.9 Å². The molecule has 3 nitrogen and oxygen atoms in total. The number of hydrogen-bond donors (Lipinski definition) is 2. The summed E-state index contributed by atoms with van der Waals surface area (Å²) in [6, 6.07) is 3.82. The first kappa shape index (κ1) is 14.7. The van der Waals surface area contributed by atoms with Gasteiger partial charge in [-0.25, -0.2) is 4.39 Å². The minimum Gasteiger partial charge on any atom is -0.508 e. The van der Waals surface area contributed by atoms with Crippen molar-refractivity contribution in [2.75, 3.05) is 19.8 Å². The molecule has 0 saturated heterocycles. The van der Waals surface area contributed by atoms with Gasteiger partial charge in [-0.05, 0) is 31.5 Å². The van der Waals surface area contributed by atoms with Crippen molar-refractivity contribution in [2.24, 2.45) is 0 Å². The monoisotopic (exact) mass is 253 g/mol. The lowest BCUT2D eigenvalue weighted by molar-refractivity contribution is 0.138. The molecule has 0 aliphatic heterocycles. The maximum Gasteiger partial charge on any atom is 0.123 e. The molecule has 1 aromatic rings. The van der Waals surface area contributed by atoms with Gasteiger partial charge in [-0.2, -0.15) is 0 Å². The van der Waals surface area contributed by atoms with Gasteiger partial charge in [-0.3, -0.25) is 0 Å². The molecule has 1 aromatic carbocycles. The van der Waals surface area contributed by atoms with Crippen LogP contribution in [0.5, 0.6) is 5.75 Å². The van der Waals surface area contributed by atoms with Gasteiger partial charge < -0.3 is 15.2 Å². The van der Waals surface area contributed by atoms with E-state index < -0.39 is 0 Å². The van der Waals surface area contributed by atoms with Crippen LogP contribution in [0.1, 0.15) is 24.9 Å². The quantitative estimate of drug-likeness (QED) is 0.553. The molecule has 0 spiro atoms. The maximum absolute atomic E-state index is 13.1. The number of nitrogens with one attached hydrogen (secondary N) is 1. The zero-order valence-electron chi connectivity index (χ0n) is 10.7. The highest BCUT2D eigenvalue weighted by Crippen LogP contribution is 2.24. The van der Waals surface area contributed by atoms with Crippen molar-refractivity contribution in [3.05, 3.63) is 42.2 Å². The molecule has 0 fully saturated rings. The standard InChI is InChI=1S/C14H20FNO2/c1-3-4-8-18-9-7-16-11(2)13-10-12(15)5-6-14(13)17/h3,5-6,10-11,16-17H,1,4,7-9H2,2H3. The average molecular weight is 253 g/mol. The lowest BCUT2D eigenvalue weighted by atomic mass is 10.1. The van der Waals surface area contributed by atoms with E-state index >= 15 is 0 Å². The van der Waals surface area contributed by atoms with E-state index in [9.17, 15) is 9.50 Å². The number of aromatic hydroxyl groups is 1. The number of phenolic OH excluding ortho intramolecular Hbond substituents is 1. The van der Waals surface area contributed by atoms with Crippen LogP contribution in [0.4, 0.5) is 4.39 Å². The molecule has 0 heterocycles. The van der Waals surface area contributed by atoms with Crippen LogP contribution in [0.3, 0.4) is 0 Å². The summed E-state index contributed by atoms with van der Waals surface area (Å²) in [5.74, 6) is -0.248. The number of ether oxygens (including phenoxy) is 1. The van der Waals surface area contributed by atoms with Crippen LogP contribution < -0.4 is 5.32 Å². The molecule has 1 atom stereocenters. The highest BCUT2D eigenvalue weighted by atomic mass is 19.1. The van der Waals surface area contributed by atoms with Crippen molar-refractivity contribution in [2.45, 2.75) is 19.4 Å². The summed E-state index contributed by atoms with van der Waals surface area (Å²) in [5.41, 5.74) is 0.557. The second-order valence-corrected chi connectivity index (χ2v) is 4.07. The van der Waals surface area contributed by atoms with Gasteiger partial charge in [0.05, 0.1) is 13.2 Å². The summed E-state index contributed by atoms with van der Waals surface area (Å²) in [6.07, 6.45) is 2.64. The number of phenols is 1. The van der Waals surface area contributed by atoms with Crippen LogP contribution in [0.25, 0.3) is 0 Å². The van der Waals surface area contributed by atoms with E-state index in [1.165, 1.54) is 18.2 Å². The molecular weight excluding hydrogens is 233 g/mol. The fourth-order valence-electron chi connectivity index (χ4n) is 1.60. The van der Waals surface area contributed by atoms with Gasteiger partial charge in [0, 0.05) is 18.2 Å². The molecule has 2 N–H and O–H groups in total. The first-order chi connectivity index (χ1) is 8.65. The third-order valence-corrected chi connectivity index (χ3v) is 2.62. The van der Waals surface area contributed by atoms with Crippen molar-refractivity contribution in [1.82, 2.24) is 5.32 Å². The Morgan fingerprint density at radius 1 is 1.50 bits per heavy atom. The fourth-order valence-corrected chi connectivity index (χ4v) is 1.60. The zero-order valence-corrected chi connectivity index (χ0v) is 10.7. The van der Waals surface area contributed by atoms with E-state index in [0.717, 1.165) is 6.42 Å².